The van der Waals surface area contributed by atoms with Crippen LogP contribution in [0.25, 0.3) is 6.08 Å². The van der Waals surface area contributed by atoms with E-state index in [0.717, 1.165) is 30.4 Å². The molecule has 1 aliphatic carbocycles. The normalized spacial score (nSPS) is 16.5. The van der Waals surface area contributed by atoms with E-state index >= 15 is 0 Å². The van der Waals surface area contributed by atoms with E-state index in [-0.39, 0.29) is 11.9 Å². The molecular formula is C20H21NO3S. The van der Waals surface area contributed by atoms with Crippen molar-refractivity contribution >= 4 is 34.3 Å². The zero-order chi connectivity index (χ0) is 17.8. The molecule has 1 amide bonds. The van der Waals surface area contributed by atoms with Gasteiger partial charge in [0.2, 0.25) is 5.91 Å². The number of amides is 1. The monoisotopic (exact) mass is 355 g/mol. The lowest BCUT2D eigenvalue weighted by Crippen LogP contribution is -2.14. The zero-order valence-electron chi connectivity index (χ0n) is 14.4. The number of thiophene rings is 1. The highest BCUT2D eigenvalue weighted by molar-refractivity contribution is 7.17. The summed E-state index contributed by atoms with van der Waals surface area (Å²) >= 11 is 1.49. The minimum Gasteiger partial charge on any atom is -0.465 e. The Labute approximate surface area is 151 Å². The Morgan fingerprint density at radius 1 is 1.28 bits per heavy atom. The Kier molecular flexibility index (Phi) is 5.34. The van der Waals surface area contributed by atoms with Crippen LogP contribution in [0.5, 0.6) is 0 Å². The minimum absolute atomic E-state index is 0.249. The molecule has 4 nitrogen and oxygen atoms in total. The van der Waals surface area contributed by atoms with Gasteiger partial charge in [-0.2, -0.15) is 0 Å². The molecule has 130 valence electrons. The van der Waals surface area contributed by atoms with E-state index in [1.807, 2.05) is 30.3 Å². The first-order valence-corrected chi connectivity index (χ1v) is 9.17. The average molecular weight is 355 g/mol. The average Bonchev–Trinajstić information content (AvgIpc) is 2.97. The standard InChI is InChI=1S/C20H21NO3S/c1-13-8-10-15-16(12-13)25-19(18(15)20(23)24-2)21-17(22)11-9-14-6-4-3-5-7-14/h3-7,9,11,13H,8,10,12H2,1-2H3,(H,21,22)/b11-9+/t13-/m0/s1. The van der Waals surface area contributed by atoms with Crippen molar-refractivity contribution in [2.75, 3.05) is 12.4 Å². The van der Waals surface area contributed by atoms with E-state index in [9.17, 15) is 9.59 Å². The number of benzene rings is 1. The second-order valence-corrected chi connectivity index (χ2v) is 7.39. The summed E-state index contributed by atoms with van der Waals surface area (Å²) in [6, 6.07) is 9.61. The number of fused-ring (bicyclic) bond motifs is 1. The van der Waals surface area contributed by atoms with Gasteiger partial charge in [-0.15, -0.1) is 11.3 Å². The van der Waals surface area contributed by atoms with Crippen LogP contribution in [0.1, 0.15) is 39.7 Å². The molecule has 0 bridgehead atoms. The largest absolute Gasteiger partial charge is 0.465 e. The molecule has 2 aromatic rings. The lowest BCUT2D eigenvalue weighted by Gasteiger charge is -2.18. The van der Waals surface area contributed by atoms with Gasteiger partial charge in [-0.25, -0.2) is 4.79 Å². The fourth-order valence-electron chi connectivity index (χ4n) is 3.05. The Balaban J connectivity index is 1.83. The quantitative estimate of drug-likeness (QED) is 0.657. The predicted octanol–water partition coefficient (Wildman–Crippen LogP) is 4.31. The molecule has 1 aromatic heterocycles. The fraction of sp³-hybridized carbons (Fsp3) is 0.300. The highest BCUT2D eigenvalue weighted by atomic mass is 32.1. The Morgan fingerprint density at radius 2 is 2.04 bits per heavy atom. The first-order chi connectivity index (χ1) is 12.1. The summed E-state index contributed by atoms with van der Waals surface area (Å²) in [5, 5.41) is 3.45. The molecule has 0 aliphatic heterocycles. The number of carbonyl (C=O) groups is 2. The third-order valence-electron chi connectivity index (χ3n) is 4.36. The number of nitrogens with one attached hydrogen (secondary N) is 1. The summed E-state index contributed by atoms with van der Waals surface area (Å²) in [7, 11) is 1.37. The Morgan fingerprint density at radius 3 is 2.76 bits per heavy atom. The third kappa shape index (κ3) is 3.99. The number of hydrogen-bond acceptors (Lipinski definition) is 4. The summed E-state index contributed by atoms with van der Waals surface area (Å²) in [5.74, 6) is -0.0341. The van der Waals surface area contributed by atoms with Gasteiger partial charge in [0, 0.05) is 11.0 Å². The van der Waals surface area contributed by atoms with Crippen molar-refractivity contribution in [3.05, 3.63) is 58.0 Å². The highest BCUT2D eigenvalue weighted by Crippen LogP contribution is 2.40. The molecule has 0 spiro atoms. The van der Waals surface area contributed by atoms with E-state index in [1.54, 1.807) is 6.08 Å². The summed E-state index contributed by atoms with van der Waals surface area (Å²) < 4.78 is 4.94. The van der Waals surface area contributed by atoms with Crippen LogP contribution >= 0.6 is 11.3 Å². The van der Waals surface area contributed by atoms with Crippen molar-refractivity contribution in [2.24, 2.45) is 5.92 Å². The number of carbonyl (C=O) groups excluding carboxylic acids is 2. The van der Waals surface area contributed by atoms with Crippen LogP contribution in [-0.4, -0.2) is 19.0 Å². The van der Waals surface area contributed by atoms with Crippen molar-refractivity contribution < 1.29 is 14.3 Å². The second-order valence-electron chi connectivity index (χ2n) is 6.28. The fourth-order valence-corrected chi connectivity index (χ4v) is 4.45. The molecule has 0 fully saturated rings. The van der Waals surface area contributed by atoms with E-state index < -0.39 is 0 Å². The molecule has 0 saturated carbocycles. The molecule has 0 radical (unpaired) electrons. The molecule has 1 heterocycles. The molecule has 5 heteroatoms. The molecule has 0 unspecified atom stereocenters. The first-order valence-electron chi connectivity index (χ1n) is 8.35. The van der Waals surface area contributed by atoms with Gasteiger partial charge in [0.25, 0.3) is 0 Å². The molecule has 0 saturated heterocycles. The summed E-state index contributed by atoms with van der Waals surface area (Å²) in [4.78, 5) is 25.7. The van der Waals surface area contributed by atoms with Crippen LogP contribution < -0.4 is 5.32 Å². The van der Waals surface area contributed by atoms with Gasteiger partial charge in [-0.05, 0) is 42.4 Å². The maximum atomic E-state index is 12.3. The van der Waals surface area contributed by atoms with E-state index in [0.29, 0.717) is 16.5 Å². The second kappa shape index (κ2) is 7.66. The number of rotatable bonds is 4. The third-order valence-corrected chi connectivity index (χ3v) is 5.53. The number of hydrogen-bond donors (Lipinski definition) is 1. The Hall–Kier alpha value is -2.40. The van der Waals surface area contributed by atoms with Crippen molar-refractivity contribution in [3.8, 4) is 0 Å². The minimum atomic E-state index is -0.380. The van der Waals surface area contributed by atoms with Crippen LogP contribution in [0.2, 0.25) is 0 Å². The SMILES string of the molecule is COC(=O)c1c(NC(=O)/C=C/c2ccccc2)sc2c1CC[C@H](C)C2. The van der Waals surface area contributed by atoms with Crippen LogP contribution in [0, 0.1) is 5.92 Å². The van der Waals surface area contributed by atoms with Crippen molar-refractivity contribution in [1.29, 1.82) is 0 Å². The summed E-state index contributed by atoms with van der Waals surface area (Å²) in [6.45, 7) is 2.21. The first kappa shape index (κ1) is 17.4. The van der Waals surface area contributed by atoms with Crippen LogP contribution in [0.4, 0.5) is 5.00 Å². The maximum absolute atomic E-state index is 12.3. The lowest BCUT2D eigenvalue weighted by atomic mass is 9.88. The van der Waals surface area contributed by atoms with Crippen LogP contribution in [-0.2, 0) is 22.4 Å². The molecule has 1 atom stereocenters. The summed E-state index contributed by atoms with van der Waals surface area (Å²) in [5.41, 5.74) is 2.51. The topological polar surface area (TPSA) is 55.4 Å². The number of esters is 1. The molecule has 25 heavy (non-hydrogen) atoms. The van der Waals surface area contributed by atoms with Crippen molar-refractivity contribution in [1.82, 2.24) is 0 Å². The van der Waals surface area contributed by atoms with Gasteiger partial charge in [-0.3, -0.25) is 4.79 Å². The highest BCUT2D eigenvalue weighted by Gasteiger charge is 2.28. The molecule has 1 aromatic carbocycles. The maximum Gasteiger partial charge on any atom is 0.341 e. The van der Waals surface area contributed by atoms with Crippen LogP contribution in [0.3, 0.4) is 0 Å². The van der Waals surface area contributed by atoms with Gasteiger partial charge in [0.1, 0.15) is 5.00 Å². The lowest BCUT2D eigenvalue weighted by molar-refractivity contribution is -0.111. The molecular weight excluding hydrogens is 334 g/mol. The van der Waals surface area contributed by atoms with E-state index in [4.69, 9.17) is 4.74 Å². The van der Waals surface area contributed by atoms with E-state index in [2.05, 4.69) is 12.2 Å². The van der Waals surface area contributed by atoms with Crippen molar-refractivity contribution in [3.63, 3.8) is 0 Å². The smallest absolute Gasteiger partial charge is 0.341 e. The van der Waals surface area contributed by atoms with Gasteiger partial charge in [-0.1, -0.05) is 37.3 Å². The number of anilines is 1. The number of ether oxygens (including phenoxy) is 1. The van der Waals surface area contributed by atoms with Gasteiger partial charge >= 0.3 is 5.97 Å². The predicted molar refractivity (Wildman–Crippen MR) is 101 cm³/mol. The van der Waals surface area contributed by atoms with Gasteiger partial charge in [0.05, 0.1) is 12.7 Å². The molecule has 1 aliphatic rings. The zero-order valence-corrected chi connectivity index (χ0v) is 15.2. The Bertz CT molecular complexity index is 808. The molecule has 1 N–H and O–H groups in total. The van der Waals surface area contributed by atoms with Gasteiger partial charge < -0.3 is 10.1 Å². The number of methoxy groups -OCH3 is 1. The summed E-state index contributed by atoms with van der Waals surface area (Å²) in [6.07, 6.45) is 6.09. The molecule has 3 rings (SSSR count). The van der Waals surface area contributed by atoms with E-state index in [1.165, 1.54) is 29.4 Å². The van der Waals surface area contributed by atoms with Crippen LogP contribution in [0.15, 0.2) is 36.4 Å². The van der Waals surface area contributed by atoms with Crippen molar-refractivity contribution in [2.45, 2.75) is 26.2 Å². The van der Waals surface area contributed by atoms with Gasteiger partial charge in [0.15, 0.2) is 0 Å².